The molecule has 2 heterocycles. The molecule has 23 heavy (non-hydrogen) atoms. The van der Waals surface area contributed by atoms with E-state index < -0.39 is 0 Å². The van der Waals surface area contributed by atoms with E-state index in [0.29, 0.717) is 16.6 Å². The molecule has 0 bridgehead atoms. The van der Waals surface area contributed by atoms with Gasteiger partial charge in [-0.15, -0.1) is 0 Å². The molecule has 1 aromatic carbocycles. The fourth-order valence-corrected chi connectivity index (χ4v) is 3.52. The van der Waals surface area contributed by atoms with Gasteiger partial charge in [0, 0.05) is 26.3 Å². The van der Waals surface area contributed by atoms with E-state index >= 15 is 0 Å². The van der Waals surface area contributed by atoms with Gasteiger partial charge in [-0.2, -0.15) is 0 Å². The average Bonchev–Trinajstić information content (AvgIpc) is 3.13. The third-order valence-electron chi connectivity index (χ3n) is 4.46. The molecule has 1 aliphatic heterocycles. The summed E-state index contributed by atoms with van der Waals surface area (Å²) >= 11 is 5.97. The third-order valence-corrected chi connectivity index (χ3v) is 4.67. The van der Waals surface area contributed by atoms with Gasteiger partial charge < -0.3 is 14.6 Å². The molecule has 0 spiro atoms. The molecule has 122 valence electrons. The zero-order chi connectivity index (χ0) is 16.4. The van der Waals surface area contributed by atoms with Crippen LogP contribution in [0.5, 0.6) is 0 Å². The smallest absolute Gasteiger partial charge is 0.270 e. The second-order valence-corrected chi connectivity index (χ2v) is 6.68. The van der Waals surface area contributed by atoms with Crippen molar-refractivity contribution in [3.05, 3.63) is 58.4 Å². The van der Waals surface area contributed by atoms with E-state index in [4.69, 9.17) is 11.6 Å². The van der Waals surface area contributed by atoms with Crippen LogP contribution < -0.4 is 0 Å². The summed E-state index contributed by atoms with van der Waals surface area (Å²) in [5, 5.41) is 9.82. The van der Waals surface area contributed by atoms with Crippen molar-refractivity contribution < 1.29 is 9.90 Å². The first-order chi connectivity index (χ1) is 11.1. The monoisotopic (exact) mass is 332 g/mol. The van der Waals surface area contributed by atoms with Crippen LogP contribution in [-0.2, 0) is 20.1 Å². The van der Waals surface area contributed by atoms with Gasteiger partial charge in [-0.25, -0.2) is 0 Å². The predicted octanol–water partition coefficient (Wildman–Crippen LogP) is 2.88. The molecule has 3 rings (SSSR count). The fraction of sp³-hybridized carbons (Fsp3) is 0.389. The van der Waals surface area contributed by atoms with Gasteiger partial charge in [0.1, 0.15) is 5.69 Å². The summed E-state index contributed by atoms with van der Waals surface area (Å²) < 4.78 is 1.78. The van der Waals surface area contributed by atoms with Crippen molar-refractivity contribution in [1.82, 2.24) is 9.47 Å². The van der Waals surface area contributed by atoms with E-state index in [9.17, 15) is 9.90 Å². The number of hydrogen-bond donors (Lipinski definition) is 1. The Balaban J connectivity index is 1.64. The van der Waals surface area contributed by atoms with E-state index in [-0.39, 0.29) is 12.5 Å². The Labute approximate surface area is 141 Å². The van der Waals surface area contributed by atoms with E-state index in [2.05, 4.69) is 6.07 Å². The van der Waals surface area contributed by atoms with E-state index in [0.717, 1.165) is 31.5 Å². The van der Waals surface area contributed by atoms with Crippen LogP contribution >= 0.6 is 11.6 Å². The van der Waals surface area contributed by atoms with Crippen LogP contribution in [0.4, 0.5) is 0 Å². The largest absolute Gasteiger partial charge is 0.392 e. The minimum absolute atomic E-state index is 0.0472. The lowest BCUT2D eigenvalue weighted by molar-refractivity contribution is 0.0777. The standard InChI is InChI=1S/C18H21ClN2O2/c1-20-11-16(19)9-17(20)18(23)21-6-5-14(10-21)7-13-3-2-4-15(8-13)12-22/h2-4,8-9,11,14,22H,5-7,10,12H2,1H3/t14-/m0/s1. The first-order valence-electron chi connectivity index (χ1n) is 7.86. The van der Waals surface area contributed by atoms with Crippen LogP contribution in [0.15, 0.2) is 36.5 Å². The van der Waals surface area contributed by atoms with Crippen molar-refractivity contribution in [1.29, 1.82) is 0 Å². The number of carbonyl (C=O) groups excluding carboxylic acids is 1. The predicted molar refractivity (Wildman–Crippen MR) is 90.5 cm³/mol. The molecule has 1 atom stereocenters. The second kappa shape index (κ2) is 6.77. The van der Waals surface area contributed by atoms with Gasteiger partial charge in [0.25, 0.3) is 5.91 Å². The molecule has 4 nitrogen and oxygen atoms in total. The molecule has 1 fully saturated rings. The van der Waals surface area contributed by atoms with Gasteiger partial charge in [0.15, 0.2) is 0 Å². The number of aromatic nitrogens is 1. The van der Waals surface area contributed by atoms with Crippen LogP contribution in [0.3, 0.4) is 0 Å². The maximum atomic E-state index is 12.6. The van der Waals surface area contributed by atoms with Gasteiger partial charge in [-0.05, 0) is 36.0 Å². The highest BCUT2D eigenvalue weighted by Gasteiger charge is 2.28. The van der Waals surface area contributed by atoms with Crippen LogP contribution in [0, 0.1) is 5.92 Å². The summed E-state index contributed by atoms with van der Waals surface area (Å²) in [5.74, 6) is 0.509. The topological polar surface area (TPSA) is 45.5 Å². The Morgan fingerprint density at radius 1 is 1.35 bits per heavy atom. The van der Waals surface area contributed by atoms with Crippen molar-refractivity contribution in [2.45, 2.75) is 19.4 Å². The van der Waals surface area contributed by atoms with Crippen molar-refractivity contribution in [3.63, 3.8) is 0 Å². The number of benzene rings is 1. The van der Waals surface area contributed by atoms with E-state index in [1.54, 1.807) is 16.8 Å². The van der Waals surface area contributed by atoms with Crippen molar-refractivity contribution in [2.24, 2.45) is 13.0 Å². The molecule has 5 heteroatoms. The summed E-state index contributed by atoms with van der Waals surface area (Å²) in [4.78, 5) is 14.5. The van der Waals surface area contributed by atoms with E-state index in [1.165, 1.54) is 5.56 Å². The van der Waals surface area contributed by atoms with Gasteiger partial charge >= 0.3 is 0 Å². The summed E-state index contributed by atoms with van der Waals surface area (Å²) in [6.45, 7) is 1.62. The lowest BCUT2D eigenvalue weighted by Gasteiger charge is -2.17. The number of aryl methyl sites for hydroxylation is 1. The molecular weight excluding hydrogens is 312 g/mol. The first kappa shape index (κ1) is 16.1. The van der Waals surface area contributed by atoms with Crippen molar-refractivity contribution in [3.8, 4) is 0 Å². The average molecular weight is 333 g/mol. The highest BCUT2D eigenvalue weighted by molar-refractivity contribution is 6.31. The SMILES string of the molecule is Cn1cc(Cl)cc1C(=O)N1CC[C@@H](Cc2cccc(CO)c2)C1. The summed E-state index contributed by atoms with van der Waals surface area (Å²) in [6.07, 6.45) is 3.70. The first-order valence-corrected chi connectivity index (χ1v) is 8.24. The lowest BCUT2D eigenvalue weighted by Crippen LogP contribution is -2.30. The van der Waals surface area contributed by atoms with Gasteiger partial charge in [-0.3, -0.25) is 4.79 Å². The van der Waals surface area contributed by atoms with Crippen molar-refractivity contribution >= 4 is 17.5 Å². The maximum Gasteiger partial charge on any atom is 0.270 e. The summed E-state index contributed by atoms with van der Waals surface area (Å²) in [7, 11) is 1.84. The molecule has 0 unspecified atom stereocenters. The number of aliphatic hydroxyl groups is 1. The number of rotatable bonds is 4. The van der Waals surface area contributed by atoms with Gasteiger partial charge in [0.05, 0.1) is 11.6 Å². The zero-order valence-electron chi connectivity index (χ0n) is 13.2. The van der Waals surface area contributed by atoms with Gasteiger partial charge in [-0.1, -0.05) is 35.9 Å². The quantitative estimate of drug-likeness (QED) is 0.935. The molecule has 1 aromatic heterocycles. The molecule has 0 aliphatic carbocycles. The molecule has 1 N–H and O–H groups in total. The Morgan fingerprint density at radius 2 is 2.13 bits per heavy atom. The number of aliphatic hydroxyl groups excluding tert-OH is 1. The molecule has 0 saturated carbocycles. The maximum absolute atomic E-state index is 12.6. The second-order valence-electron chi connectivity index (χ2n) is 6.24. The normalized spacial score (nSPS) is 17.7. The lowest BCUT2D eigenvalue weighted by atomic mass is 9.97. The Morgan fingerprint density at radius 3 is 2.83 bits per heavy atom. The molecule has 2 aromatic rings. The molecule has 1 saturated heterocycles. The number of halogens is 1. The molecule has 1 aliphatic rings. The van der Waals surface area contributed by atoms with Crippen molar-refractivity contribution in [2.75, 3.05) is 13.1 Å². The van der Waals surface area contributed by atoms with Crippen LogP contribution in [0.1, 0.15) is 28.0 Å². The summed E-state index contributed by atoms with van der Waals surface area (Å²) in [5.41, 5.74) is 2.79. The number of amides is 1. The highest BCUT2D eigenvalue weighted by atomic mass is 35.5. The minimum atomic E-state index is 0.0472. The fourth-order valence-electron chi connectivity index (χ4n) is 3.27. The number of carbonyl (C=O) groups is 1. The minimum Gasteiger partial charge on any atom is -0.392 e. The highest BCUT2D eigenvalue weighted by Crippen LogP contribution is 2.24. The Kier molecular flexibility index (Phi) is 4.74. The van der Waals surface area contributed by atoms with Crippen LogP contribution in [0.2, 0.25) is 5.02 Å². The number of hydrogen-bond acceptors (Lipinski definition) is 2. The molecular formula is C18H21ClN2O2. The van der Waals surface area contributed by atoms with Crippen LogP contribution in [0.25, 0.3) is 0 Å². The molecule has 0 radical (unpaired) electrons. The zero-order valence-corrected chi connectivity index (χ0v) is 14.0. The van der Waals surface area contributed by atoms with Gasteiger partial charge in [0.2, 0.25) is 0 Å². The summed E-state index contributed by atoms with van der Waals surface area (Å²) in [6, 6.07) is 9.75. The molecule has 1 amide bonds. The number of likely N-dealkylation sites (tertiary alicyclic amines) is 1. The van der Waals surface area contributed by atoms with Crippen LogP contribution in [-0.4, -0.2) is 33.6 Å². The third kappa shape index (κ3) is 3.59. The van der Waals surface area contributed by atoms with E-state index in [1.807, 2.05) is 30.1 Å². The Bertz CT molecular complexity index is 711. The number of nitrogens with zero attached hydrogens (tertiary/aromatic N) is 2. The Hall–Kier alpha value is -1.78.